The van der Waals surface area contributed by atoms with Crippen LogP contribution < -0.4 is 9.46 Å². The number of rotatable bonds is 6. The van der Waals surface area contributed by atoms with E-state index in [9.17, 15) is 8.42 Å². The molecule has 0 amide bonds. The Labute approximate surface area is 152 Å². The first-order valence-electron chi connectivity index (χ1n) is 7.81. The molecule has 0 spiro atoms. The van der Waals surface area contributed by atoms with Crippen LogP contribution in [0.5, 0.6) is 5.75 Å². The molecule has 0 aliphatic rings. The number of para-hydroxylation sites is 1. The second-order valence-electron chi connectivity index (χ2n) is 5.33. The summed E-state index contributed by atoms with van der Waals surface area (Å²) in [5, 5.41) is 8.30. The molecule has 0 aliphatic heterocycles. The van der Waals surface area contributed by atoms with Crippen LogP contribution in [-0.4, -0.2) is 15.5 Å². The Morgan fingerprint density at radius 1 is 0.808 bits per heavy atom. The van der Waals surface area contributed by atoms with E-state index < -0.39 is 10.0 Å². The van der Waals surface area contributed by atoms with Gasteiger partial charge in [-0.1, -0.05) is 30.3 Å². The molecule has 0 heterocycles. The van der Waals surface area contributed by atoms with Crippen molar-refractivity contribution in [2.24, 2.45) is 10.2 Å². The minimum atomic E-state index is -3.75. The maximum absolute atomic E-state index is 12.6. The molecule has 0 aliphatic carbocycles. The van der Waals surface area contributed by atoms with Crippen molar-refractivity contribution in [2.75, 3.05) is 11.8 Å². The standard InChI is InChI=1S/C19H17N3O3S/c1-25-16-11-13-17(14-12-16)26(23,24)22-19-10-6-5-9-18(19)21-20-15-7-3-2-4-8-15/h2-14,22H,1H3. The van der Waals surface area contributed by atoms with Crippen molar-refractivity contribution in [3.8, 4) is 5.75 Å². The zero-order valence-electron chi connectivity index (χ0n) is 14.0. The summed E-state index contributed by atoms with van der Waals surface area (Å²) in [6, 6.07) is 22.2. The summed E-state index contributed by atoms with van der Waals surface area (Å²) in [7, 11) is -2.23. The van der Waals surface area contributed by atoms with Crippen molar-refractivity contribution in [2.45, 2.75) is 4.90 Å². The Bertz CT molecular complexity index is 1000. The second-order valence-corrected chi connectivity index (χ2v) is 7.02. The van der Waals surface area contributed by atoms with Crippen molar-refractivity contribution in [1.82, 2.24) is 0 Å². The highest BCUT2D eigenvalue weighted by molar-refractivity contribution is 7.92. The van der Waals surface area contributed by atoms with Gasteiger partial charge in [0.2, 0.25) is 0 Å². The zero-order chi connectivity index (χ0) is 18.4. The van der Waals surface area contributed by atoms with Gasteiger partial charge in [0.15, 0.2) is 0 Å². The molecule has 26 heavy (non-hydrogen) atoms. The van der Waals surface area contributed by atoms with Crippen LogP contribution in [-0.2, 0) is 10.0 Å². The van der Waals surface area contributed by atoms with Gasteiger partial charge in [0, 0.05) is 0 Å². The van der Waals surface area contributed by atoms with Crippen LogP contribution in [0.25, 0.3) is 0 Å². The number of azo groups is 1. The number of ether oxygens (including phenoxy) is 1. The lowest BCUT2D eigenvalue weighted by Gasteiger charge is -2.10. The van der Waals surface area contributed by atoms with Crippen LogP contribution in [0.2, 0.25) is 0 Å². The van der Waals surface area contributed by atoms with Crippen molar-refractivity contribution in [1.29, 1.82) is 0 Å². The number of benzene rings is 3. The number of methoxy groups -OCH3 is 1. The molecule has 0 aromatic heterocycles. The van der Waals surface area contributed by atoms with Gasteiger partial charge in [-0.3, -0.25) is 4.72 Å². The predicted molar refractivity (Wildman–Crippen MR) is 101 cm³/mol. The molecule has 0 atom stereocenters. The van der Waals surface area contributed by atoms with Crippen LogP contribution >= 0.6 is 0 Å². The summed E-state index contributed by atoms with van der Waals surface area (Å²) in [6.45, 7) is 0. The van der Waals surface area contributed by atoms with E-state index in [1.54, 1.807) is 36.4 Å². The van der Waals surface area contributed by atoms with Crippen LogP contribution in [0.15, 0.2) is 94.0 Å². The van der Waals surface area contributed by atoms with Crippen LogP contribution in [0.3, 0.4) is 0 Å². The van der Waals surface area contributed by atoms with Crippen LogP contribution in [0, 0.1) is 0 Å². The summed E-state index contributed by atoms with van der Waals surface area (Å²) in [5.74, 6) is 0.584. The van der Waals surface area contributed by atoms with E-state index in [1.807, 2.05) is 30.3 Å². The average Bonchev–Trinajstić information content (AvgIpc) is 2.68. The van der Waals surface area contributed by atoms with E-state index in [-0.39, 0.29) is 4.90 Å². The Kier molecular flexibility index (Phi) is 5.28. The molecule has 0 fully saturated rings. The second kappa shape index (κ2) is 7.79. The van der Waals surface area contributed by atoms with E-state index in [1.165, 1.54) is 19.2 Å². The predicted octanol–water partition coefficient (Wildman–Crippen LogP) is 4.91. The first-order valence-corrected chi connectivity index (χ1v) is 9.29. The van der Waals surface area contributed by atoms with Gasteiger partial charge in [0.05, 0.1) is 23.4 Å². The number of hydrogen-bond acceptors (Lipinski definition) is 5. The third-order valence-corrected chi connectivity index (χ3v) is 4.93. The lowest BCUT2D eigenvalue weighted by Crippen LogP contribution is -2.12. The summed E-state index contributed by atoms with van der Waals surface area (Å²) >= 11 is 0. The van der Waals surface area contributed by atoms with E-state index in [4.69, 9.17) is 4.74 Å². The number of sulfonamides is 1. The van der Waals surface area contributed by atoms with Gasteiger partial charge >= 0.3 is 0 Å². The summed E-state index contributed by atoms with van der Waals surface area (Å²) in [4.78, 5) is 0.133. The molecule has 0 bridgehead atoms. The normalized spacial score (nSPS) is 11.4. The van der Waals surface area contributed by atoms with Crippen molar-refractivity contribution < 1.29 is 13.2 Å². The van der Waals surface area contributed by atoms with Crippen molar-refractivity contribution in [3.63, 3.8) is 0 Å². The molecule has 0 saturated heterocycles. The fourth-order valence-corrected chi connectivity index (χ4v) is 3.29. The number of anilines is 1. The molecule has 7 heteroatoms. The topological polar surface area (TPSA) is 80.1 Å². The third-order valence-electron chi connectivity index (χ3n) is 3.55. The highest BCUT2D eigenvalue weighted by Gasteiger charge is 2.16. The molecular formula is C19H17N3O3S. The average molecular weight is 367 g/mol. The summed E-state index contributed by atoms with van der Waals surface area (Å²) in [6.07, 6.45) is 0. The van der Waals surface area contributed by atoms with Crippen molar-refractivity contribution in [3.05, 3.63) is 78.9 Å². The Morgan fingerprint density at radius 3 is 2.15 bits per heavy atom. The first kappa shape index (κ1) is 17.6. The molecule has 132 valence electrons. The summed E-state index contributed by atoms with van der Waals surface area (Å²) in [5.41, 5.74) is 1.46. The van der Waals surface area contributed by atoms with Gasteiger partial charge in [-0.25, -0.2) is 8.42 Å². The molecule has 3 rings (SSSR count). The lowest BCUT2D eigenvalue weighted by atomic mass is 10.3. The Hall–Kier alpha value is -3.19. The van der Waals surface area contributed by atoms with E-state index >= 15 is 0 Å². The fraction of sp³-hybridized carbons (Fsp3) is 0.0526. The maximum Gasteiger partial charge on any atom is 0.261 e. The van der Waals surface area contributed by atoms with E-state index in [2.05, 4.69) is 15.0 Å². The Morgan fingerprint density at radius 2 is 1.46 bits per heavy atom. The molecule has 3 aromatic rings. The minimum Gasteiger partial charge on any atom is -0.497 e. The van der Waals surface area contributed by atoms with Gasteiger partial charge < -0.3 is 4.74 Å². The van der Waals surface area contributed by atoms with Crippen LogP contribution in [0.1, 0.15) is 0 Å². The quantitative estimate of drug-likeness (QED) is 0.629. The van der Waals surface area contributed by atoms with Gasteiger partial charge in [-0.05, 0) is 48.5 Å². The highest BCUT2D eigenvalue weighted by atomic mass is 32.2. The summed E-state index contributed by atoms with van der Waals surface area (Å²) < 4.78 is 32.8. The molecule has 1 N–H and O–H groups in total. The molecule has 6 nitrogen and oxygen atoms in total. The zero-order valence-corrected chi connectivity index (χ0v) is 14.8. The van der Waals surface area contributed by atoms with Crippen molar-refractivity contribution >= 4 is 27.1 Å². The van der Waals surface area contributed by atoms with Gasteiger partial charge in [0.25, 0.3) is 10.0 Å². The largest absolute Gasteiger partial charge is 0.497 e. The fourth-order valence-electron chi connectivity index (χ4n) is 2.21. The molecule has 0 saturated carbocycles. The van der Waals surface area contributed by atoms with Gasteiger partial charge in [-0.15, -0.1) is 5.11 Å². The number of hydrogen-bond donors (Lipinski definition) is 1. The minimum absolute atomic E-state index is 0.133. The third kappa shape index (κ3) is 4.25. The SMILES string of the molecule is COc1ccc(S(=O)(=O)Nc2ccccc2N=Nc2ccccc2)cc1. The Balaban J connectivity index is 1.86. The number of nitrogens with zero attached hydrogens (tertiary/aromatic N) is 2. The van der Waals surface area contributed by atoms with Gasteiger partial charge in [-0.2, -0.15) is 5.11 Å². The van der Waals surface area contributed by atoms with Gasteiger partial charge in [0.1, 0.15) is 11.4 Å². The van der Waals surface area contributed by atoms with E-state index in [0.29, 0.717) is 22.8 Å². The smallest absolute Gasteiger partial charge is 0.261 e. The van der Waals surface area contributed by atoms with Crippen LogP contribution in [0.4, 0.5) is 17.1 Å². The first-order chi connectivity index (χ1) is 12.6. The van der Waals surface area contributed by atoms with E-state index in [0.717, 1.165) is 0 Å². The lowest BCUT2D eigenvalue weighted by molar-refractivity contribution is 0.414. The maximum atomic E-state index is 12.6. The monoisotopic (exact) mass is 367 g/mol. The molecular weight excluding hydrogens is 350 g/mol. The highest BCUT2D eigenvalue weighted by Crippen LogP contribution is 2.29. The molecule has 0 unspecified atom stereocenters. The molecule has 3 aromatic carbocycles. The molecule has 0 radical (unpaired) electrons. The number of nitrogens with one attached hydrogen (secondary N) is 1.